The first-order valence-electron chi connectivity index (χ1n) is 17.2. The lowest BCUT2D eigenvalue weighted by Crippen LogP contribution is -2.29. The van der Waals surface area contributed by atoms with Gasteiger partial charge < -0.3 is 0 Å². The van der Waals surface area contributed by atoms with Gasteiger partial charge in [0.05, 0.1) is 4.90 Å². The van der Waals surface area contributed by atoms with Crippen LogP contribution in [0, 0.1) is 0 Å². The first-order valence-corrected chi connectivity index (χ1v) is 19.4. The van der Waals surface area contributed by atoms with E-state index < -0.39 is 10.0 Å². The van der Waals surface area contributed by atoms with Gasteiger partial charge in [0.1, 0.15) is 0 Å². The molecule has 0 amide bonds. The molecule has 1 atom stereocenters. The van der Waals surface area contributed by atoms with Gasteiger partial charge in [0, 0.05) is 50.7 Å². The smallest absolute Gasteiger partial charge is 0.243 e. The predicted molar refractivity (Wildman–Crippen MR) is 189 cm³/mol. The molecule has 0 spiro atoms. The minimum absolute atomic E-state index is 0.378. The van der Waals surface area contributed by atoms with E-state index in [0.717, 1.165) is 62.4 Å². The summed E-state index contributed by atoms with van der Waals surface area (Å²) in [6, 6.07) is 31.9. The largest absolute Gasteiger partial charge is 0.299 e. The van der Waals surface area contributed by atoms with Gasteiger partial charge in [-0.3, -0.25) is 9.80 Å². The van der Waals surface area contributed by atoms with Crippen LogP contribution < -0.4 is 0 Å². The van der Waals surface area contributed by atoms with Crippen LogP contribution in [0.4, 0.5) is 0 Å². The molecule has 4 aliphatic heterocycles. The summed E-state index contributed by atoms with van der Waals surface area (Å²) in [5, 5.41) is 0. The zero-order valence-corrected chi connectivity index (χ0v) is 28.7. The van der Waals surface area contributed by atoms with Crippen LogP contribution in [0.5, 0.6) is 0 Å². The number of hydrogen-bond acceptors (Lipinski definition) is 6. The number of fused-ring (bicyclic) bond motifs is 2. The number of piperidine rings is 1. The fourth-order valence-corrected chi connectivity index (χ4v) is 10.1. The average Bonchev–Trinajstić information content (AvgIpc) is 3.85. The quantitative estimate of drug-likeness (QED) is 0.174. The third-order valence-corrected chi connectivity index (χ3v) is 13.3. The maximum Gasteiger partial charge on any atom is 0.243 e. The van der Waals surface area contributed by atoms with E-state index in [9.17, 15) is 8.42 Å². The number of benzene rings is 4. The Morgan fingerprint density at radius 1 is 0.638 bits per heavy atom. The Hall–Kier alpha value is -2.98. The summed E-state index contributed by atoms with van der Waals surface area (Å²) < 4.78 is 30.7. The number of hydrogen-bond donors (Lipinski definition) is 0. The van der Waals surface area contributed by atoms with Crippen LogP contribution in [0.1, 0.15) is 70.5 Å². The van der Waals surface area contributed by atoms with Crippen molar-refractivity contribution in [1.82, 2.24) is 18.4 Å². The summed E-state index contributed by atoms with van der Waals surface area (Å²) in [7, 11) is -3.52. The van der Waals surface area contributed by atoms with E-state index in [0.29, 0.717) is 23.9 Å². The standard InChI is InChI=1S/C39H44N4O2S2/c44-47(45,43-28-33-6-2-3-7-34(33)29-43)39-16-10-31(11-17-39)24-41-21-18-36(25-41)32-12-13-35-26-42(27-37(35)22-32)46-38-14-8-30(9-15-38)23-40-19-4-1-5-20-40/h2-3,6-17,22,36H,1,4-5,18-21,23-29H2. The molecular formula is C39H44N4O2S2. The second-order valence-electron chi connectivity index (χ2n) is 13.8. The Morgan fingerprint density at radius 2 is 1.28 bits per heavy atom. The van der Waals surface area contributed by atoms with Gasteiger partial charge in [0.2, 0.25) is 10.0 Å². The number of sulfonamides is 1. The molecule has 0 saturated carbocycles. The molecule has 6 nitrogen and oxygen atoms in total. The normalized spacial score (nSPS) is 20.9. The van der Waals surface area contributed by atoms with Crippen molar-refractivity contribution in [2.45, 2.75) is 80.7 Å². The van der Waals surface area contributed by atoms with Crippen LogP contribution in [0.15, 0.2) is 101 Å². The van der Waals surface area contributed by atoms with E-state index in [2.05, 4.69) is 56.6 Å². The monoisotopic (exact) mass is 664 g/mol. The SMILES string of the molecule is O=S(=O)(c1ccc(CN2CCC(c3ccc4c(c3)CN(Sc3ccc(CN5CCCCC5)cc3)C4)C2)cc1)N1Cc2ccccc2C1. The Labute approximate surface area is 284 Å². The highest BCUT2D eigenvalue weighted by molar-refractivity contribution is 7.97. The number of likely N-dealkylation sites (tertiary alicyclic amines) is 2. The van der Waals surface area contributed by atoms with Gasteiger partial charge in [-0.2, -0.15) is 4.31 Å². The van der Waals surface area contributed by atoms with Gasteiger partial charge in [0.15, 0.2) is 0 Å². The van der Waals surface area contributed by atoms with E-state index in [1.165, 1.54) is 59.5 Å². The van der Waals surface area contributed by atoms with Crippen LogP contribution >= 0.6 is 11.9 Å². The van der Waals surface area contributed by atoms with Crippen LogP contribution in [0.3, 0.4) is 0 Å². The van der Waals surface area contributed by atoms with Gasteiger partial charge in [0.25, 0.3) is 0 Å². The summed E-state index contributed by atoms with van der Waals surface area (Å²) in [6.45, 7) is 9.36. The molecule has 1 unspecified atom stereocenters. The van der Waals surface area contributed by atoms with Crippen molar-refractivity contribution in [3.63, 3.8) is 0 Å². The summed E-state index contributed by atoms with van der Waals surface area (Å²) in [5.74, 6) is 0.533. The average molecular weight is 665 g/mol. The van der Waals surface area contributed by atoms with E-state index >= 15 is 0 Å². The molecule has 2 saturated heterocycles. The first kappa shape index (κ1) is 31.3. The Balaban J connectivity index is 0.835. The Morgan fingerprint density at radius 3 is 2.00 bits per heavy atom. The van der Waals surface area contributed by atoms with E-state index in [4.69, 9.17) is 0 Å². The van der Waals surface area contributed by atoms with Gasteiger partial charge in [-0.05, 0) is 120 Å². The van der Waals surface area contributed by atoms with Gasteiger partial charge in [-0.25, -0.2) is 12.7 Å². The molecule has 2 fully saturated rings. The van der Waals surface area contributed by atoms with Crippen molar-refractivity contribution < 1.29 is 8.42 Å². The molecule has 0 aromatic heterocycles. The van der Waals surface area contributed by atoms with Crippen molar-refractivity contribution in [2.24, 2.45) is 0 Å². The first-order chi connectivity index (χ1) is 23.0. The molecule has 8 heteroatoms. The molecule has 8 rings (SSSR count). The number of rotatable bonds is 9. The molecule has 0 N–H and O–H groups in total. The van der Waals surface area contributed by atoms with Crippen LogP contribution in [-0.2, 0) is 49.3 Å². The summed E-state index contributed by atoms with van der Waals surface area (Å²) in [5.41, 5.74) is 9.15. The predicted octanol–water partition coefficient (Wildman–Crippen LogP) is 7.39. The van der Waals surface area contributed by atoms with E-state index in [-0.39, 0.29) is 0 Å². The molecule has 4 aliphatic rings. The minimum Gasteiger partial charge on any atom is -0.299 e. The summed E-state index contributed by atoms with van der Waals surface area (Å²) >= 11 is 1.88. The third-order valence-electron chi connectivity index (χ3n) is 10.5. The fraction of sp³-hybridized carbons (Fsp3) is 0.385. The second kappa shape index (κ2) is 13.5. The maximum absolute atomic E-state index is 13.3. The molecule has 244 valence electrons. The Bertz CT molecular complexity index is 1800. The minimum atomic E-state index is -3.52. The lowest BCUT2D eigenvalue weighted by Gasteiger charge is -2.26. The highest BCUT2D eigenvalue weighted by atomic mass is 32.2. The van der Waals surface area contributed by atoms with Crippen LogP contribution in [-0.4, -0.2) is 53.0 Å². The molecule has 4 aromatic carbocycles. The number of nitrogens with zero attached hydrogens (tertiary/aromatic N) is 4. The van der Waals surface area contributed by atoms with Gasteiger partial charge in [-0.15, -0.1) is 0 Å². The molecule has 0 bridgehead atoms. The summed E-state index contributed by atoms with van der Waals surface area (Å²) in [6.07, 6.45) is 5.21. The topological polar surface area (TPSA) is 47.1 Å². The van der Waals surface area contributed by atoms with Crippen molar-refractivity contribution in [3.8, 4) is 0 Å². The van der Waals surface area contributed by atoms with Gasteiger partial charge in [-0.1, -0.05) is 73.2 Å². The molecule has 4 heterocycles. The van der Waals surface area contributed by atoms with Crippen LogP contribution in [0.2, 0.25) is 0 Å². The summed E-state index contributed by atoms with van der Waals surface area (Å²) in [4.78, 5) is 6.79. The van der Waals surface area contributed by atoms with Crippen molar-refractivity contribution in [1.29, 1.82) is 0 Å². The Kier molecular flexibility index (Phi) is 8.99. The third kappa shape index (κ3) is 6.95. The lowest BCUT2D eigenvalue weighted by atomic mass is 9.95. The van der Waals surface area contributed by atoms with Crippen molar-refractivity contribution >= 4 is 22.0 Å². The highest BCUT2D eigenvalue weighted by Crippen LogP contribution is 2.36. The highest BCUT2D eigenvalue weighted by Gasteiger charge is 2.31. The zero-order valence-electron chi connectivity index (χ0n) is 27.1. The van der Waals surface area contributed by atoms with Crippen molar-refractivity contribution in [2.75, 3.05) is 26.2 Å². The maximum atomic E-state index is 13.3. The van der Waals surface area contributed by atoms with E-state index in [1.807, 2.05) is 48.3 Å². The molecule has 0 aliphatic carbocycles. The van der Waals surface area contributed by atoms with Crippen molar-refractivity contribution in [3.05, 3.63) is 130 Å². The molecule has 0 radical (unpaired) electrons. The zero-order chi connectivity index (χ0) is 31.8. The lowest BCUT2D eigenvalue weighted by molar-refractivity contribution is 0.221. The fourth-order valence-electron chi connectivity index (χ4n) is 7.78. The molecule has 47 heavy (non-hydrogen) atoms. The second-order valence-corrected chi connectivity index (χ2v) is 16.9. The van der Waals surface area contributed by atoms with Crippen LogP contribution in [0.25, 0.3) is 0 Å². The van der Waals surface area contributed by atoms with Gasteiger partial charge >= 0.3 is 0 Å². The molecular weight excluding hydrogens is 621 g/mol. The molecule has 4 aromatic rings. The van der Waals surface area contributed by atoms with E-state index in [1.54, 1.807) is 16.4 Å².